The fourth-order valence-corrected chi connectivity index (χ4v) is 2.57. The molecule has 2 fully saturated rings. The van der Waals surface area contributed by atoms with Crippen molar-refractivity contribution in [2.45, 2.75) is 31.3 Å². The summed E-state index contributed by atoms with van der Waals surface area (Å²) in [6, 6.07) is 7.40. The zero-order chi connectivity index (χ0) is 11.9. The van der Waals surface area contributed by atoms with Gasteiger partial charge >= 0.3 is 6.09 Å². The molecule has 1 aromatic rings. The third kappa shape index (κ3) is 1.64. The van der Waals surface area contributed by atoms with E-state index in [2.05, 4.69) is 0 Å². The van der Waals surface area contributed by atoms with Crippen LogP contribution in [0.2, 0.25) is 0 Å². The molecule has 1 aliphatic carbocycles. The lowest BCUT2D eigenvalue weighted by atomic mass is 9.77. The summed E-state index contributed by atoms with van der Waals surface area (Å²) in [5.74, 6) is 0. The predicted molar refractivity (Wildman–Crippen MR) is 65.9 cm³/mol. The maximum atomic E-state index is 12.0. The molecule has 1 saturated carbocycles. The third-order valence-electron chi connectivity index (χ3n) is 3.81. The molecule has 4 nitrogen and oxygen atoms in total. The van der Waals surface area contributed by atoms with Crippen LogP contribution in [0.25, 0.3) is 0 Å². The first-order valence-electron chi connectivity index (χ1n) is 6.05. The van der Waals surface area contributed by atoms with Crippen LogP contribution in [0.15, 0.2) is 24.3 Å². The second kappa shape index (κ2) is 3.65. The molecule has 0 aromatic heterocycles. The van der Waals surface area contributed by atoms with Crippen molar-refractivity contribution < 1.29 is 9.53 Å². The van der Waals surface area contributed by atoms with Gasteiger partial charge < -0.3 is 10.5 Å². The van der Waals surface area contributed by atoms with E-state index in [1.165, 1.54) is 6.42 Å². The quantitative estimate of drug-likeness (QED) is 0.757. The monoisotopic (exact) mass is 232 g/mol. The van der Waals surface area contributed by atoms with Gasteiger partial charge in [0.15, 0.2) is 0 Å². The Morgan fingerprint density at radius 1 is 1.24 bits per heavy atom. The van der Waals surface area contributed by atoms with Crippen molar-refractivity contribution in [1.82, 2.24) is 0 Å². The Kier molecular flexibility index (Phi) is 2.24. The van der Waals surface area contributed by atoms with E-state index >= 15 is 0 Å². The molecule has 0 atom stereocenters. The van der Waals surface area contributed by atoms with Crippen LogP contribution in [0.5, 0.6) is 0 Å². The van der Waals surface area contributed by atoms with Crippen molar-refractivity contribution in [3.8, 4) is 0 Å². The number of hydrogen-bond acceptors (Lipinski definition) is 3. The Balaban J connectivity index is 1.82. The van der Waals surface area contributed by atoms with Crippen LogP contribution in [-0.2, 0) is 4.74 Å². The van der Waals surface area contributed by atoms with Gasteiger partial charge in [0.05, 0.1) is 11.4 Å². The fraction of sp³-hybridized carbons (Fsp3) is 0.462. The molecule has 3 rings (SSSR count). The second-order valence-corrected chi connectivity index (χ2v) is 4.86. The number of hydrogen-bond donors (Lipinski definition) is 1. The first-order chi connectivity index (χ1) is 8.20. The van der Waals surface area contributed by atoms with E-state index in [4.69, 9.17) is 10.5 Å². The Morgan fingerprint density at radius 2 is 2.00 bits per heavy atom. The van der Waals surface area contributed by atoms with Crippen LogP contribution in [0.1, 0.15) is 25.7 Å². The number of carbonyl (C=O) groups excluding carboxylic acids is 1. The number of benzene rings is 1. The van der Waals surface area contributed by atoms with Gasteiger partial charge in [0, 0.05) is 13.0 Å². The normalized spacial score (nSPS) is 22.1. The van der Waals surface area contributed by atoms with E-state index in [0.29, 0.717) is 12.2 Å². The first kappa shape index (κ1) is 10.4. The Morgan fingerprint density at radius 3 is 2.59 bits per heavy atom. The van der Waals surface area contributed by atoms with Gasteiger partial charge in [-0.15, -0.1) is 0 Å². The van der Waals surface area contributed by atoms with Crippen LogP contribution in [0.4, 0.5) is 16.2 Å². The molecule has 0 unspecified atom stereocenters. The topological polar surface area (TPSA) is 55.6 Å². The van der Waals surface area contributed by atoms with Gasteiger partial charge in [0.1, 0.15) is 5.60 Å². The Labute approximate surface area is 100 Å². The van der Waals surface area contributed by atoms with Gasteiger partial charge in [0.2, 0.25) is 0 Å². The summed E-state index contributed by atoms with van der Waals surface area (Å²) in [5.41, 5.74) is 7.10. The van der Waals surface area contributed by atoms with Crippen molar-refractivity contribution in [2.24, 2.45) is 0 Å². The summed E-state index contributed by atoms with van der Waals surface area (Å²) in [6.07, 6.45) is 3.84. The molecule has 17 heavy (non-hydrogen) atoms. The van der Waals surface area contributed by atoms with Gasteiger partial charge in [-0.1, -0.05) is 12.1 Å². The zero-order valence-corrected chi connectivity index (χ0v) is 9.69. The van der Waals surface area contributed by atoms with Crippen molar-refractivity contribution in [1.29, 1.82) is 0 Å². The molecule has 1 spiro atoms. The number of amides is 1. The molecule has 1 heterocycles. The van der Waals surface area contributed by atoms with Crippen LogP contribution < -0.4 is 10.6 Å². The number of ether oxygens (including phenoxy) is 1. The molecule has 90 valence electrons. The zero-order valence-electron chi connectivity index (χ0n) is 9.69. The molecule has 2 N–H and O–H groups in total. The number of nitrogens with two attached hydrogens (primary N) is 1. The first-order valence-corrected chi connectivity index (χ1v) is 6.05. The summed E-state index contributed by atoms with van der Waals surface area (Å²) >= 11 is 0. The minimum Gasteiger partial charge on any atom is -0.442 e. The number of carbonyl (C=O) groups is 1. The average Bonchev–Trinajstić information content (AvgIpc) is 2.28. The van der Waals surface area contributed by atoms with E-state index in [-0.39, 0.29) is 11.7 Å². The molecule has 0 radical (unpaired) electrons. The number of rotatable bonds is 1. The van der Waals surface area contributed by atoms with Crippen molar-refractivity contribution >= 4 is 17.5 Å². The second-order valence-electron chi connectivity index (χ2n) is 4.86. The van der Waals surface area contributed by atoms with E-state index in [1.807, 2.05) is 18.2 Å². The smallest absolute Gasteiger partial charge is 0.414 e. The van der Waals surface area contributed by atoms with Gasteiger partial charge in [-0.3, -0.25) is 4.90 Å². The van der Waals surface area contributed by atoms with Crippen molar-refractivity contribution in [3.05, 3.63) is 24.3 Å². The predicted octanol–water partition coefficient (Wildman–Crippen LogP) is 2.54. The molecular weight excluding hydrogens is 216 g/mol. The molecule has 1 saturated heterocycles. The maximum Gasteiger partial charge on any atom is 0.414 e. The van der Waals surface area contributed by atoms with Crippen LogP contribution in [-0.4, -0.2) is 18.2 Å². The van der Waals surface area contributed by atoms with E-state index < -0.39 is 0 Å². The lowest BCUT2D eigenvalue weighted by molar-refractivity contribution is -0.0609. The molecule has 1 aliphatic heterocycles. The summed E-state index contributed by atoms with van der Waals surface area (Å²) in [4.78, 5) is 13.6. The summed E-state index contributed by atoms with van der Waals surface area (Å²) in [5, 5.41) is 0. The molecule has 1 amide bonds. The maximum absolute atomic E-state index is 12.0. The lowest BCUT2D eigenvalue weighted by Gasteiger charge is -2.46. The highest BCUT2D eigenvalue weighted by molar-refractivity contribution is 5.92. The van der Waals surface area contributed by atoms with Gasteiger partial charge in [-0.25, -0.2) is 4.79 Å². The highest BCUT2D eigenvalue weighted by Gasteiger charge is 2.45. The fourth-order valence-electron chi connectivity index (χ4n) is 2.57. The molecular formula is C13H16N2O2. The van der Waals surface area contributed by atoms with E-state index in [0.717, 1.165) is 24.9 Å². The minimum absolute atomic E-state index is 0.156. The number of nitrogens with zero attached hydrogens (tertiary/aromatic N) is 1. The van der Waals surface area contributed by atoms with Gasteiger partial charge in [-0.2, -0.15) is 0 Å². The summed E-state index contributed by atoms with van der Waals surface area (Å²) in [7, 11) is 0. The molecule has 2 aliphatic rings. The number of nitrogen functional groups attached to an aromatic ring is 1. The number of anilines is 2. The Hall–Kier alpha value is -1.71. The standard InChI is InChI=1S/C13H16N2O2/c14-10-4-1-2-5-11(10)15-9-8-13(6-3-7-13)17-12(15)16/h1-2,4-5H,3,6-9,14H2. The third-order valence-corrected chi connectivity index (χ3v) is 3.81. The minimum atomic E-state index is -0.256. The highest BCUT2D eigenvalue weighted by Crippen LogP contribution is 2.42. The Bertz CT molecular complexity index is 454. The van der Waals surface area contributed by atoms with Crippen LogP contribution in [0.3, 0.4) is 0 Å². The largest absolute Gasteiger partial charge is 0.442 e. The van der Waals surface area contributed by atoms with Crippen molar-refractivity contribution in [3.63, 3.8) is 0 Å². The molecule has 4 heteroatoms. The van der Waals surface area contributed by atoms with E-state index in [1.54, 1.807) is 11.0 Å². The van der Waals surface area contributed by atoms with E-state index in [9.17, 15) is 4.79 Å². The SMILES string of the molecule is Nc1ccccc1N1CCC2(CCC2)OC1=O. The molecule has 0 bridgehead atoms. The summed E-state index contributed by atoms with van der Waals surface area (Å²) < 4.78 is 5.56. The van der Waals surface area contributed by atoms with Crippen LogP contribution >= 0.6 is 0 Å². The molecule has 1 aromatic carbocycles. The van der Waals surface area contributed by atoms with Gasteiger partial charge in [0.25, 0.3) is 0 Å². The van der Waals surface area contributed by atoms with Crippen molar-refractivity contribution in [2.75, 3.05) is 17.2 Å². The van der Waals surface area contributed by atoms with Gasteiger partial charge in [-0.05, 0) is 31.4 Å². The highest BCUT2D eigenvalue weighted by atomic mass is 16.6. The average molecular weight is 232 g/mol. The lowest BCUT2D eigenvalue weighted by Crippen LogP contribution is -2.53. The summed E-state index contributed by atoms with van der Waals surface area (Å²) in [6.45, 7) is 0.701. The number of para-hydroxylation sites is 2. The van der Waals surface area contributed by atoms with Crippen LogP contribution in [0, 0.1) is 0 Å².